The van der Waals surface area contributed by atoms with E-state index in [4.69, 9.17) is 0 Å². The monoisotopic (exact) mass is 315 g/mol. The highest BCUT2D eigenvalue weighted by atomic mass is 16.1. The molecule has 4 rings (SSSR count). The van der Waals surface area contributed by atoms with Crippen molar-refractivity contribution < 1.29 is 4.79 Å². The number of benzene rings is 1. The molecular formula is C18H13N5O. The first-order valence-corrected chi connectivity index (χ1v) is 7.41. The Bertz CT molecular complexity index is 1010. The van der Waals surface area contributed by atoms with Crippen LogP contribution >= 0.6 is 0 Å². The molecule has 0 atom stereocenters. The molecule has 0 aliphatic carbocycles. The number of carbonyl (C=O) groups excluding carboxylic acids is 1. The lowest BCUT2D eigenvalue weighted by Gasteiger charge is -2.06. The zero-order chi connectivity index (χ0) is 16.4. The van der Waals surface area contributed by atoms with Crippen LogP contribution in [-0.2, 0) is 4.79 Å². The zero-order valence-corrected chi connectivity index (χ0v) is 12.6. The van der Waals surface area contributed by atoms with E-state index >= 15 is 0 Å². The van der Waals surface area contributed by atoms with Gasteiger partial charge in [-0.1, -0.05) is 18.2 Å². The third kappa shape index (κ3) is 2.50. The van der Waals surface area contributed by atoms with Gasteiger partial charge in [-0.3, -0.25) is 9.78 Å². The lowest BCUT2D eigenvalue weighted by molar-refractivity contribution is 0.542. The summed E-state index contributed by atoms with van der Waals surface area (Å²) in [6.07, 6.45) is 5.85. The van der Waals surface area contributed by atoms with Crippen LogP contribution in [0.2, 0.25) is 0 Å². The SMILES string of the molecule is O=Cn1nc(Nc2cccc(-c3cccnc3)c2)c2cccnc21. The average molecular weight is 315 g/mol. The highest BCUT2D eigenvalue weighted by Gasteiger charge is 2.11. The van der Waals surface area contributed by atoms with E-state index in [-0.39, 0.29) is 0 Å². The van der Waals surface area contributed by atoms with Crippen LogP contribution in [0.5, 0.6) is 0 Å². The number of nitrogens with zero attached hydrogens (tertiary/aromatic N) is 4. The first-order chi connectivity index (χ1) is 11.8. The van der Waals surface area contributed by atoms with Gasteiger partial charge in [0.1, 0.15) is 0 Å². The van der Waals surface area contributed by atoms with E-state index in [1.807, 2.05) is 54.7 Å². The molecular weight excluding hydrogens is 302 g/mol. The fourth-order valence-corrected chi connectivity index (χ4v) is 2.59. The molecule has 0 amide bonds. The molecule has 0 fully saturated rings. The molecule has 3 aromatic heterocycles. The van der Waals surface area contributed by atoms with Crippen molar-refractivity contribution in [1.82, 2.24) is 19.7 Å². The van der Waals surface area contributed by atoms with E-state index in [0.717, 1.165) is 22.2 Å². The van der Waals surface area contributed by atoms with E-state index in [1.165, 1.54) is 4.68 Å². The molecule has 3 heterocycles. The number of anilines is 2. The maximum atomic E-state index is 11.2. The standard InChI is InChI=1S/C18H13N5O/c24-12-23-18-16(7-3-9-20-18)17(22-23)21-15-6-1-4-13(10-15)14-5-2-8-19-11-14/h1-12H,(H,21,22). The average Bonchev–Trinajstić information content (AvgIpc) is 3.01. The fraction of sp³-hybridized carbons (Fsp3) is 0. The van der Waals surface area contributed by atoms with Gasteiger partial charge >= 0.3 is 0 Å². The summed E-state index contributed by atoms with van der Waals surface area (Å²) in [5.41, 5.74) is 3.48. The predicted octanol–water partition coefficient (Wildman–Crippen LogP) is 3.28. The van der Waals surface area contributed by atoms with Gasteiger partial charge in [-0.25, -0.2) is 4.98 Å². The van der Waals surface area contributed by atoms with Gasteiger partial charge in [0.05, 0.1) is 5.39 Å². The van der Waals surface area contributed by atoms with Crippen molar-refractivity contribution in [3.05, 3.63) is 67.1 Å². The van der Waals surface area contributed by atoms with E-state index in [2.05, 4.69) is 20.4 Å². The predicted molar refractivity (Wildman–Crippen MR) is 92.6 cm³/mol. The van der Waals surface area contributed by atoms with Gasteiger partial charge in [0.2, 0.25) is 6.41 Å². The molecule has 6 nitrogen and oxygen atoms in total. The lowest BCUT2D eigenvalue weighted by Crippen LogP contribution is -1.98. The Labute approximate surface area is 137 Å². The highest BCUT2D eigenvalue weighted by Crippen LogP contribution is 2.27. The van der Waals surface area contributed by atoms with Crippen molar-refractivity contribution >= 4 is 28.9 Å². The second-order valence-electron chi connectivity index (χ2n) is 5.22. The molecule has 24 heavy (non-hydrogen) atoms. The number of rotatable bonds is 4. The number of fused-ring (bicyclic) bond motifs is 1. The molecule has 0 unspecified atom stereocenters. The highest BCUT2D eigenvalue weighted by molar-refractivity contribution is 5.92. The number of aromatic nitrogens is 4. The molecule has 0 spiro atoms. The Balaban J connectivity index is 1.73. The van der Waals surface area contributed by atoms with Crippen molar-refractivity contribution in [1.29, 1.82) is 0 Å². The second kappa shape index (κ2) is 5.92. The molecule has 0 saturated carbocycles. The fourth-order valence-electron chi connectivity index (χ4n) is 2.59. The summed E-state index contributed by atoms with van der Waals surface area (Å²) in [4.78, 5) is 19.5. The molecule has 0 bridgehead atoms. The minimum absolute atomic E-state index is 0.526. The molecule has 0 aliphatic heterocycles. The minimum atomic E-state index is 0.526. The summed E-state index contributed by atoms with van der Waals surface area (Å²) in [6.45, 7) is 0. The van der Waals surface area contributed by atoms with Crippen LogP contribution in [-0.4, -0.2) is 26.2 Å². The van der Waals surface area contributed by atoms with Gasteiger partial charge in [0, 0.05) is 29.8 Å². The Hall–Kier alpha value is -3.54. The first kappa shape index (κ1) is 14.1. The number of pyridine rings is 2. The van der Waals surface area contributed by atoms with Crippen LogP contribution in [0.25, 0.3) is 22.2 Å². The van der Waals surface area contributed by atoms with E-state index in [1.54, 1.807) is 12.4 Å². The van der Waals surface area contributed by atoms with Crippen molar-refractivity contribution in [2.75, 3.05) is 5.32 Å². The van der Waals surface area contributed by atoms with Crippen molar-refractivity contribution in [3.8, 4) is 11.1 Å². The van der Waals surface area contributed by atoms with E-state index < -0.39 is 0 Å². The summed E-state index contributed by atoms with van der Waals surface area (Å²) >= 11 is 0. The second-order valence-corrected chi connectivity index (χ2v) is 5.22. The largest absolute Gasteiger partial charge is 0.338 e. The summed E-state index contributed by atoms with van der Waals surface area (Å²) in [5, 5.41) is 8.32. The van der Waals surface area contributed by atoms with E-state index in [9.17, 15) is 4.79 Å². The molecule has 4 aromatic rings. The van der Waals surface area contributed by atoms with Crippen molar-refractivity contribution in [2.24, 2.45) is 0 Å². The zero-order valence-electron chi connectivity index (χ0n) is 12.6. The number of carbonyl (C=O) groups is 1. The molecule has 6 heteroatoms. The minimum Gasteiger partial charge on any atom is -0.338 e. The van der Waals surface area contributed by atoms with Crippen LogP contribution in [0.15, 0.2) is 67.1 Å². The Morgan fingerprint density at radius 3 is 2.71 bits per heavy atom. The normalized spacial score (nSPS) is 10.7. The molecule has 0 radical (unpaired) electrons. The van der Waals surface area contributed by atoms with Crippen LogP contribution in [0, 0.1) is 0 Å². The number of hydrogen-bond donors (Lipinski definition) is 1. The Kier molecular flexibility index (Phi) is 3.47. The summed E-state index contributed by atoms with van der Waals surface area (Å²) in [7, 11) is 0. The van der Waals surface area contributed by atoms with Crippen LogP contribution in [0.3, 0.4) is 0 Å². The van der Waals surface area contributed by atoms with Gasteiger partial charge in [-0.15, -0.1) is 5.10 Å². The van der Waals surface area contributed by atoms with Crippen LogP contribution in [0.4, 0.5) is 11.5 Å². The number of nitrogens with one attached hydrogen (secondary N) is 1. The first-order valence-electron chi connectivity index (χ1n) is 7.41. The third-order valence-electron chi connectivity index (χ3n) is 3.69. The van der Waals surface area contributed by atoms with Crippen molar-refractivity contribution in [2.45, 2.75) is 0 Å². The van der Waals surface area contributed by atoms with Gasteiger partial charge in [-0.2, -0.15) is 4.68 Å². The quantitative estimate of drug-likeness (QED) is 0.585. The molecule has 1 N–H and O–H groups in total. The van der Waals surface area contributed by atoms with Crippen LogP contribution < -0.4 is 5.32 Å². The van der Waals surface area contributed by atoms with Gasteiger partial charge < -0.3 is 5.32 Å². The molecule has 0 aliphatic rings. The van der Waals surface area contributed by atoms with Gasteiger partial charge in [-0.05, 0) is 35.9 Å². The third-order valence-corrected chi connectivity index (χ3v) is 3.69. The summed E-state index contributed by atoms with van der Waals surface area (Å²) < 4.78 is 1.22. The molecule has 116 valence electrons. The Morgan fingerprint density at radius 1 is 1.00 bits per heavy atom. The van der Waals surface area contributed by atoms with Crippen LogP contribution in [0.1, 0.15) is 0 Å². The van der Waals surface area contributed by atoms with E-state index in [0.29, 0.717) is 17.9 Å². The van der Waals surface area contributed by atoms with Gasteiger partial charge in [0.15, 0.2) is 11.5 Å². The number of hydrogen-bond acceptors (Lipinski definition) is 5. The van der Waals surface area contributed by atoms with Crippen molar-refractivity contribution in [3.63, 3.8) is 0 Å². The maximum absolute atomic E-state index is 11.2. The molecule has 1 aromatic carbocycles. The summed E-state index contributed by atoms with van der Waals surface area (Å²) in [5.74, 6) is 0.591. The maximum Gasteiger partial charge on any atom is 0.236 e. The topological polar surface area (TPSA) is 72.7 Å². The lowest BCUT2D eigenvalue weighted by atomic mass is 10.1. The Morgan fingerprint density at radius 2 is 1.88 bits per heavy atom. The summed E-state index contributed by atoms with van der Waals surface area (Å²) in [6, 6.07) is 15.5. The molecule has 0 saturated heterocycles. The smallest absolute Gasteiger partial charge is 0.236 e. The van der Waals surface area contributed by atoms with Gasteiger partial charge in [0.25, 0.3) is 0 Å².